The van der Waals surface area contributed by atoms with E-state index in [1.54, 1.807) is 0 Å². The molecule has 1 aliphatic heterocycles. The zero-order valence-corrected chi connectivity index (χ0v) is 6.47. The van der Waals surface area contributed by atoms with Gasteiger partial charge in [0.2, 0.25) is 0 Å². The molecule has 62 valence electrons. The van der Waals surface area contributed by atoms with Crippen LogP contribution in [0.5, 0.6) is 0 Å². The molecule has 0 bridgehead atoms. The maximum Gasteiger partial charge on any atom is 0.320 e. The van der Waals surface area contributed by atoms with Gasteiger partial charge in [-0.05, 0) is 32.1 Å². The average molecular weight is 155 g/mol. The third kappa shape index (κ3) is 1.25. The van der Waals surface area contributed by atoms with E-state index < -0.39 is 5.97 Å². The predicted molar refractivity (Wildman–Crippen MR) is 40.4 cm³/mol. The van der Waals surface area contributed by atoms with Gasteiger partial charge >= 0.3 is 5.97 Å². The number of nitrogens with one attached hydrogen (secondary N) is 1. The molecule has 2 N–H and O–H groups in total. The quantitative estimate of drug-likeness (QED) is 0.587. The van der Waals surface area contributed by atoms with Gasteiger partial charge < -0.3 is 5.11 Å². The van der Waals surface area contributed by atoms with Crippen LogP contribution in [-0.4, -0.2) is 22.7 Å². The van der Waals surface area contributed by atoms with E-state index >= 15 is 0 Å². The third-order valence-corrected chi connectivity index (χ3v) is 2.78. The van der Waals surface area contributed by atoms with Crippen LogP contribution in [0.15, 0.2) is 0 Å². The van der Waals surface area contributed by atoms with Crippen molar-refractivity contribution in [3.8, 4) is 0 Å². The van der Waals surface area contributed by atoms with Crippen LogP contribution < -0.4 is 5.32 Å². The molecular weight excluding hydrogens is 142 g/mol. The molecule has 1 aliphatic carbocycles. The Morgan fingerprint density at radius 1 is 1.45 bits per heavy atom. The van der Waals surface area contributed by atoms with E-state index in [4.69, 9.17) is 5.11 Å². The third-order valence-electron chi connectivity index (χ3n) is 2.78. The summed E-state index contributed by atoms with van der Waals surface area (Å²) in [6.45, 7) is 0. The number of carboxylic acids is 1. The predicted octanol–water partition coefficient (Wildman–Crippen LogP) is 0.746. The number of piperidine rings is 1. The first-order chi connectivity index (χ1) is 5.22. The summed E-state index contributed by atoms with van der Waals surface area (Å²) in [6.07, 6.45) is 5.41. The molecule has 1 saturated carbocycles. The number of carboxylic acid groups (broad SMARTS) is 1. The zero-order valence-electron chi connectivity index (χ0n) is 6.47. The molecule has 3 heteroatoms. The van der Waals surface area contributed by atoms with Crippen molar-refractivity contribution < 1.29 is 9.90 Å². The fourth-order valence-corrected chi connectivity index (χ4v) is 1.89. The van der Waals surface area contributed by atoms with E-state index in [0.717, 1.165) is 12.8 Å². The molecule has 0 radical (unpaired) electrons. The van der Waals surface area contributed by atoms with Gasteiger partial charge in [0.25, 0.3) is 0 Å². The number of rotatable bonds is 1. The lowest BCUT2D eigenvalue weighted by Gasteiger charge is -2.28. The Balaban J connectivity index is 1.98. The van der Waals surface area contributed by atoms with Crippen molar-refractivity contribution in [2.24, 2.45) is 0 Å². The van der Waals surface area contributed by atoms with E-state index in [9.17, 15) is 4.79 Å². The molecule has 0 aromatic heterocycles. The Morgan fingerprint density at radius 2 is 2.18 bits per heavy atom. The number of aliphatic carboxylic acids is 1. The zero-order chi connectivity index (χ0) is 7.90. The number of carbonyl (C=O) groups is 1. The van der Waals surface area contributed by atoms with Crippen molar-refractivity contribution in [3.05, 3.63) is 0 Å². The van der Waals surface area contributed by atoms with Crippen molar-refractivity contribution in [1.29, 1.82) is 0 Å². The van der Waals surface area contributed by atoms with Crippen LogP contribution in [0.4, 0.5) is 0 Å². The molecule has 1 saturated heterocycles. The summed E-state index contributed by atoms with van der Waals surface area (Å²) in [5, 5.41) is 11.9. The summed E-state index contributed by atoms with van der Waals surface area (Å²) in [5.74, 6) is -0.684. The van der Waals surface area contributed by atoms with Gasteiger partial charge in [-0.15, -0.1) is 0 Å². The van der Waals surface area contributed by atoms with Crippen molar-refractivity contribution >= 4 is 5.97 Å². The first-order valence-corrected chi connectivity index (χ1v) is 4.22. The first kappa shape index (κ1) is 7.10. The molecule has 2 fully saturated rings. The van der Waals surface area contributed by atoms with Crippen molar-refractivity contribution in [2.75, 3.05) is 0 Å². The number of hydrogen-bond donors (Lipinski definition) is 2. The minimum atomic E-state index is -0.684. The minimum Gasteiger partial charge on any atom is -0.480 e. The van der Waals surface area contributed by atoms with Crippen LogP contribution in [0.3, 0.4) is 0 Å². The first-order valence-electron chi connectivity index (χ1n) is 4.22. The molecule has 0 aromatic carbocycles. The SMILES string of the molecule is O=C(O)[C@H]1CCCC2(CC2)N1. The smallest absolute Gasteiger partial charge is 0.320 e. The van der Waals surface area contributed by atoms with E-state index in [1.807, 2.05) is 0 Å². The molecule has 1 heterocycles. The summed E-state index contributed by atoms with van der Waals surface area (Å²) >= 11 is 0. The highest BCUT2D eigenvalue weighted by molar-refractivity contribution is 5.73. The Bertz CT molecular complexity index is 187. The van der Waals surface area contributed by atoms with Gasteiger partial charge in [-0.3, -0.25) is 10.1 Å². The van der Waals surface area contributed by atoms with Gasteiger partial charge in [0.15, 0.2) is 0 Å². The van der Waals surface area contributed by atoms with Gasteiger partial charge in [-0.1, -0.05) is 0 Å². The molecule has 0 unspecified atom stereocenters. The highest BCUT2D eigenvalue weighted by Gasteiger charge is 2.46. The molecule has 1 atom stereocenters. The topological polar surface area (TPSA) is 49.3 Å². The summed E-state index contributed by atoms with van der Waals surface area (Å²) in [6, 6.07) is -0.272. The lowest BCUT2D eigenvalue weighted by molar-refractivity contribution is -0.140. The second-order valence-corrected chi connectivity index (χ2v) is 3.71. The highest BCUT2D eigenvalue weighted by Crippen LogP contribution is 2.43. The van der Waals surface area contributed by atoms with Gasteiger partial charge in [0.05, 0.1) is 0 Å². The van der Waals surface area contributed by atoms with Gasteiger partial charge in [-0.25, -0.2) is 0 Å². The molecule has 2 rings (SSSR count). The van der Waals surface area contributed by atoms with Crippen LogP contribution in [0, 0.1) is 0 Å². The molecule has 3 nitrogen and oxygen atoms in total. The molecule has 0 amide bonds. The second kappa shape index (κ2) is 2.21. The van der Waals surface area contributed by atoms with E-state index in [0.29, 0.717) is 0 Å². The monoisotopic (exact) mass is 155 g/mol. The van der Waals surface area contributed by atoms with E-state index in [2.05, 4.69) is 5.32 Å². The molecular formula is C8H13NO2. The van der Waals surface area contributed by atoms with Crippen LogP contribution in [0.1, 0.15) is 32.1 Å². The van der Waals surface area contributed by atoms with Crippen molar-refractivity contribution in [2.45, 2.75) is 43.7 Å². The molecule has 0 aromatic rings. The lowest BCUT2D eigenvalue weighted by Crippen LogP contribution is -2.48. The van der Waals surface area contributed by atoms with Crippen LogP contribution in [-0.2, 0) is 4.79 Å². The normalized spacial score (nSPS) is 33.6. The molecule has 1 spiro atoms. The van der Waals surface area contributed by atoms with Crippen molar-refractivity contribution in [3.63, 3.8) is 0 Å². The summed E-state index contributed by atoms with van der Waals surface area (Å²) < 4.78 is 0. The summed E-state index contributed by atoms with van der Waals surface area (Å²) in [7, 11) is 0. The van der Waals surface area contributed by atoms with Crippen molar-refractivity contribution in [1.82, 2.24) is 5.32 Å². The van der Waals surface area contributed by atoms with Gasteiger partial charge in [0.1, 0.15) is 6.04 Å². The summed E-state index contributed by atoms with van der Waals surface area (Å²) in [5.41, 5.74) is 0.251. The van der Waals surface area contributed by atoms with Crippen LogP contribution in [0.25, 0.3) is 0 Å². The van der Waals surface area contributed by atoms with Crippen LogP contribution >= 0.6 is 0 Å². The van der Waals surface area contributed by atoms with Gasteiger partial charge in [-0.2, -0.15) is 0 Å². The Morgan fingerprint density at radius 3 is 2.73 bits per heavy atom. The fourth-order valence-electron chi connectivity index (χ4n) is 1.89. The van der Waals surface area contributed by atoms with E-state index in [-0.39, 0.29) is 11.6 Å². The summed E-state index contributed by atoms with van der Waals surface area (Å²) in [4.78, 5) is 10.6. The van der Waals surface area contributed by atoms with Crippen LogP contribution in [0.2, 0.25) is 0 Å². The highest BCUT2D eigenvalue weighted by atomic mass is 16.4. The standard InChI is InChI=1S/C8H13NO2/c10-7(11)6-2-1-3-8(9-6)4-5-8/h6,9H,1-5H2,(H,10,11)/t6-/m1/s1. The fraction of sp³-hybridized carbons (Fsp3) is 0.875. The maximum absolute atomic E-state index is 10.6. The molecule has 2 aliphatic rings. The van der Waals surface area contributed by atoms with Gasteiger partial charge in [0, 0.05) is 5.54 Å². The molecule has 11 heavy (non-hydrogen) atoms. The van der Waals surface area contributed by atoms with E-state index in [1.165, 1.54) is 19.3 Å². The Hall–Kier alpha value is -0.570. The number of hydrogen-bond acceptors (Lipinski definition) is 2. The lowest BCUT2D eigenvalue weighted by atomic mass is 9.97. The maximum atomic E-state index is 10.6. The Labute approximate surface area is 65.8 Å². The minimum absolute atomic E-state index is 0.251. The Kier molecular flexibility index (Phi) is 1.42. The second-order valence-electron chi connectivity index (χ2n) is 3.71. The largest absolute Gasteiger partial charge is 0.480 e. The average Bonchev–Trinajstić information content (AvgIpc) is 2.69.